The summed E-state index contributed by atoms with van der Waals surface area (Å²) in [4.78, 5) is 0. The van der Waals surface area contributed by atoms with Gasteiger partial charge in [0.05, 0.1) is 0 Å². The molecule has 2 fully saturated rings. The summed E-state index contributed by atoms with van der Waals surface area (Å²) in [6.45, 7) is 0.968. The zero-order chi connectivity index (χ0) is 8.39. The molecule has 12 heavy (non-hydrogen) atoms. The van der Waals surface area contributed by atoms with E-state index in [4.69, 9.17) is 4.74 Å². The molecule has 0 N–H and O–H groups in total. The van der Waals surface area contributed by atoms with Crippen molar-refractivity contribution in [1.29, 1.82) is 0 Å². The molecule has 0 amide bonds. The van der Waals surface area contributed by atoms with Crippen LogP contribution in [0.15, 0.2) is 0 Å². The molecule has 2 saturated carbocycles. The Morgan fingerprint density at radius 3 is 2.17 bits per heavy atom. The van der Waals surface area contributed by atoms with Crippen molar-refractivity contribution in [2.24, 2.45) is 17.8 Å². The predicted molar refractivity (Wildman–Crippen MR) is 50.0 cm³/mol. The molecule has 0 aromatic heterocycles. The molecule has 1 heteroatoms. The Morgan fingerprint density at radius 2 is 1.75 bits per heavy atom. The normalized spacial score (nSPS) is 23.5. The minimum absolute atomic E-state index is 0.968. The summed E-state index contributed by atoms with van der Waals surface area (Å²) >= 11 is 0. The Bertz CT molecular complexity index is 124. The minimum Gasteiger partial charge on any atom is -0.385 e. The molecular weight excluding hydrogens is 148 g/mol. The molecule has 0 aromatic rings. The molecule has 0 atom stereocenters. The molecule has 70 valence electrons. The van der Waals surface area contributed by atoms with E-state index in [-0.39, 0.29) is 0 Å². The summed E-state index contributed by atoms with van der Waals surface area (Å²) < 4.78 is 5.09. The smallest absolute Gasteiger partial charge is 0.0462 e. The Morgan fingerprint density at radius 1 is 1.17 bits per heavy atom. The molecule has 0 spiro atoms. The van der Waals surface area contributed by atoms with E-state index in [0.717, 1.165) is 24.4 Å². The number of rotatable bonds is 6. The lowest BCUT2D eigenvalue weighted by atomic mass is 9.93. The summed E-state index contributed by atoms with van der Waals surface area (Å²) in [5, 5.41) is 0. The van der Waals surface area contributed by atoms with E-state index in [2.05, 4.69) is 0 Å². The van der Waals surface area contributed by atoms with Crippen LogP contribution in [0.5, 0.6) is 0 Å². The van der Waals surface area contributed by atoms with Gasteiger partial charge in [-0.3, -0.25) is 0 Å². The van der Waals surface area contributed by atoms with Gasteiger partial charge in [-0.15, -0.1) is 0 Å². The van der Waals surface area contributed by atoms with Crippen LogP contribution in [-0.2, 0) is 4.74 Å². The molecule has 2 aliphatic carbocycles. The standard InChI is InChI=1S/C11H20O/c1-12-8-2-3-11(9-4-5-9)10-6-7-10/h9-11H,2-8H2,1H3. The van der Waals surface area contributed by atoms with Crippen LogP contribution >= 0.6 is 0 Å². The Balaban J connectivity index is 1.66. The van der Waals surface area contributed by atoms with Gasteiger partial charge in [-0.05, 0) is 56.3 Å². The van der Waals surface area contributed by atoms with Gasteiger partial charge in [0.25, 0.3) is 0 Å². The fraction of sp³-hybridized carbons (Fsp3) is 1.00. The average molecular weight is 168 g/mol. The first-order valence-electron chi connectivity index (χ1n) is 5.40. The monoisotopic (exact) mass is 168 g/mol. The lowest BCUT2D eigenvalue weighted by molar-refractivity contribution is 0.182. The third-order valence-electron chi connectivity index (χ3n) is 3.34. The second-order valence-electron chi connectivity index (χ2n) is 4.47. The zero-order valence-electron chi connectivity index (χ0n) is 8.09. The number of ether oxygens (including phenoxy) is 1. The predicted octanol–water partition coefficient (Wildman–Crippen LogP) is 2.85. The van der Waals surface area contributed by atoms with Crippen molar-refractivity contribution < 1.29 is 4.74 Å². The van der Waals surface area contributed by atoms with Gasteiger partial charge in [-0.1, -0.05) is 0 Å². The maximum Gasteiger partial charge on any atom is 0.0462 e. The van der Waals surface area contributed by atoms with E-state index in [0.29, 0.717) is 0 Å². The maximum absolute atomic E-state index is 5.09. The molecule has 0 radical (unpaired) electrons. The zero-order valence-corrected chi connectivity index (χ0v) is 8.09. The van der Waals surface area contributed by atoms with Gasteiger partial charge < -0.3 is 4.74 Å². The van der Waals surface area contributed by atoms with E-state index < -0.39 is 0 Å². The molecule has 0 heterocycles. The number of hydrogen-bond donors (Lipinski definition) is 0. The summed E-state index contributed by atoms with van der Waals surface area (Å²) in [7, 11) is 1.81. The van der Waals surface area contributed by atoms with Crippen molar-refractivity contribution in [3.8, 4) is 0 Å². The highest BCUT2D eigenvalue weighted by Gasteiger charge is 2.40. The van der Waals surface area contributed by atoms with Gasteiger partial charge in [0.15, 0.2) is 0 Å². The highest BCUT2D eigenvalue weighted by molar-refractivity contribution is 4.91. The molecule has 0 aliphatic heterocycles. The highest BCUT2D eigenvalue weighted by atomic mass is 16.5. The van der Waals surface area contributed by atoms with Crippen LogP contribution in [0.3, 0.4) is 0 Å². The maximum atomic E-state index is 5.09. The van der Waals surface area contributed by atoms with E-state index >= 15 is 0 Å². The van der Waals surface area contributed by atoms with Gasteiger partial charge in [0.1, 0.15) is 0 Å². The third kappa shape index (κ3) is 2.22. The first-order valence-corrected chi connectivity index (χ1v) is 5.40. The molecule has 0 bridgehead atoms. The second-order valence-corrected chi connectivity index (χ2v) is 4.47. The van der Waals surface area contributed by atoms with Gasteiger partial charge >= 0.3 is 0 Å². The second kappa shape index (κ2) is 3.78. The topological polar surface area (TPSA) is 9.23 Å². The largest absolute Gasteiger partial charge is 0.385 e. The lowest BCUT2D eigenvalue weighted by Gasteiger charge is -2.14. The first kappa shape index (κ1) is 8.55. The SMILES string of the molecule is COCCCC(C1CC1)C1CC1. The van der Waals surface area contributed by atoms with Crippen molar-refractivity contribution >= 4 is 0 Å². The van der Waals surface area contributed by atoms with Gasteiger partial charge in [-0.2, -0.15) is 0 Å². The number of hydrogen-bond acceptors (Lipinski definition) is 1. The van der Waals surface area contributed by atoms with Gasteiger partial charge in [0.2, 0.25) is 0 Å². The van der Waals surface area contributed by atoms with Crippen LogP contribution in [0.2, 0.25) is 0 Å². The van der Waals surface area contributed by atoms with Crippen molar-refractivity contribution in [1.82, 2.24) is 0 Å². The molecule has 2 aliphatic rings. The van der Waals surface area contributed by atoms with E-state index in [1.807, 2.05) is 7.11 Å². The fourth-order valence-electron chi connectivity index (χ4n) is 2.37. The summed E-state index contributed by atoms with van der Waals surface area (Å²) in [5.41, 5.74) is 0. The summed E-state index contributed by atoms with van der Waals surface area (Å²) in [6, 6.07) is 0. The van der Waals surface area contributed by atoms with Crippen LogP contribution < -0.4 is 0 Å². The third-order valence-corrected chi connectivity index (χ3v) is 3.34. The Hall–Kier alpha value is -0.0400. The van der Waals surface area contributed by atoms with Crippen molar-refractivity contribution in [2.75, 3.05) is 13.7 Å². The average Bonchev–Trinajstić information content (AvgIpc) is 2.87. The number of methoxy groups -OCH3 is 1. The fourth-order valence-corrected chi connectivity index (χ4v) is 2.37. The molecular formula is C11H20O. The molecule has 2 rings (SSSR count). The molecule has 0 saturated heterocycles. The van der Waals surface area contributed by atoms with Crippen molar-refractivity contribution in [3.05, 3.63) is 0 Å². The molecule has 1 nitrogen and oxygen atoms in total. The summed E-state index contributed by atoms with van der Waals surface area (Å²) in [6.07, 6.45) is 8.81. The first-order chi connectivity index (χ1) is 5.92. The quantitative estimate of drug-likeness (QED) is 0.554. The molecule has 0 unspecified atom stereocenters. The van der Waals surface area contributed by atoms with E-state index in [1.165, 1.54) is 38.5 Å². The van der Waals surface area contributed by atoms with Crippen LogP contribution in [0.4, 0.5) is 0 Å². The minimum atomic E-state index is 0.968. The summed E-state index contributed by atoms with van der Waals surface area (Å²) in [5.74, 6) is 3.32. The van der Waals surface area contributed by atoms with Crippen LogP contribution in [0.25, 0.3) is 0 Å². The van der Waals surface area contributed by atoms with Crippen LogP contribution in [0, 0.1) is 17.8 Å². The van der Waals surface area contributed by atoms with E-state index in [1.54, 1.807) is 0 Å². The molecule has 0 aromatic carbocycles. The van der Waals surface area contributed by atoms with Crippen LogP contribution in [-0.4, -0.2) is 13.7 Å². The Kier molecular flexibility index (Phi) is 2.69. The van der Waals surface area contributed by atoms with Gasteiger partial charge in [-0.25, -0.2) is 0 Å². The van der Waals surface area contributed by atoms with E-state index in [9.17, 15) is 0 Å². The van der Waals surface area contributed by atoms with Gasteiger partial charge in [0, 0.05) is 13.7 Å². The highest BCUT2D eigenvalue weighted by Crippen LogP contribution is 2.50. The van der Waals surface area contributed by atoms with Crippen molar-refractivity contribution in [2.45, 2.75) is 38.5 Å². The van der Waals surface area contributed by atoms with Crippen molar-refractivity contribution in [3.63, 3.8) is 0 Å². The Labute approximate surface area is 75.5 Å². The lowest BCUT2D eigenvalue weighted by Crippen LogP contribution is -2.06. The van der Waals surface area contributed by atoms with Crippen LogP contribution in [0.1, 0.15) is 38.5 Å².